The maximum Gasteiger partial charge on any atom is 0.173 e. The van der Waals surface area contributed by atoms with Gasteiger partial charge in [0.2, 0.25) is 0 Å². The average Bonchev–Trinajstić information content (AvgIpc) is 2.54. The van der Waals surface area contributed by atoms with Crippen molar-refractivity contribution in [3.63, 3.8) is 0 Å². The van der Waals surface area contributed by atoms with Gasteiger partial charge in [-0.05, 0) is 76.0 Å². The van der Waals surface area contributed by atoms with Gasteiger partial charge >= 0.3 is 0 Å². The molecule has 0 unspecified atom stereocenters. The first-order valence-corrected chi connectivity index (χ1v) is 8.51. The lowest BCUT2D eigenvalue weighted by molar-refractivity contribution is 0.101. The Hall–Kier alpha value is -1.66. The third-order valence-corrected chi connectivity index (χ3v) is 5.26. The molecule has 6 heteroatoms. The third kappa shape index (κ3) is 4.20. The number of phenolic OH excluding ortho intramolecular Hbond substituents is 1. The molecule has 2 aromatic rings. The molecule has 0 heterocycles. The van der Waals surface area contributed by atoms with Crippen LogP contribution in [0, 0.1) is 0 Å². The zero-order chi connectivity index (χ0) is 17.0. The van der Waals surface area contributed by atoms with E-state index in [2.05, 4.69) is 36.9 Å². The molecule has 4 nitrogen and oxygen atoms in total. The lowest BCUT2D eigenvalue weighted by Gasteiger charge is -2.10. The molecule has 1 N–H and O–H groups in total. The van der Waals surface area contributed by atoms with Crippen LogP contribution in [0.1, 0.15) is 29.8 Å². The molecule has 0 aromatic heterocycles. The first-order valence-electron chi connectivity index (χ1n) is 6.92. The fourth-order valence-corrected chi connectivity index (χ4v) is 2.73. The van der Waals surface area contributed by atoms with Crippen molar-refractivity contribution in [2.75, 3.05) is 6.61 Å². The van der Waals surface area contributed by atoms with Gasteiger partial charge < -0.3 is 9.84 Å². The van der Waals surface area contributed by atoms with E-state index in [0.717, 1.165) is 11.3 Å². The predicted octanol–water partition coefficient (Wildman–Crippen LogP) is 5.27. The Morgan fingerprint density at radius 1 is 1.26 bits per heavy atom. The number of halogens is 2. The molecule has 2 aromatic carbocycles. The Labute approximate surface area is 151 Å². The van der Waals surface area contributed by atoms with Crippen molar-refractivity contribution in [1.82, 2.24) is 0 Å². The molecule has 2 rings (SSSR count). The molecule has 0 aliphatic heterocycles. The highest BCUT2D eigenvalue weighted by atomic mass is 79.9. The van der Waals surface area contributed by atoms with Crippen LogP contribution in [0.25, 0.3) is 0 Å². The van der Waals surface area contributed by atoms with Gasteiger partial charge in [0.15, 0.2) is 17.3 Å². The van der Waals surface area contributed by atoms with Crippen LogP contribution < -0.4 is 4.74 Å². The molecule has 120 valence electrons. The SMILES string of the molecule is CCOc1cc(C=Nc2ccc(C(C)=O)cc2)c(Br)c(Br)c1O. The minimum atomic E-state index is 0.0205. The van der Waals surface area contributed by atoms with Crippen molar-refractivity contribution < 1.29 is 14.6 Å². The second-order valence-corrected chi connectivity index (χ2v) is 6.32. The largest absolute Gasteiger partial charge is 0.503 e. The first kappa shape index (κ1) is 17.7. The van der Waals surface area contributed by atoms with Gasteiger partial charge in [0.25, 0.3) is 0 Å². The van der Waals surface area contributed by atoms with Gasteiger partial charge in [-0.15, -0.1) is 0 Å². The summed E-state index contributed by atoms with van der Waals surface area (Å²) in [5.74, 6) is 0.449. The van der Waals surface area contributed by atoms with Crippen molar-refractivity contribution >= 4 is 49.5 Å². The van der Waals surface area contributed by atoms with E-state index in [1.54, 1.807) is 36.5 Å². The maximum atomic E-state index is 11.3. The molecule has 0 bridgehead atoms. The van der Waals surface area contributed by atoms with Gasteiger partial charge in [-0.2, -0.15) is 0 Å². The number of ketones is 1. The van der Waals surface area contributed by atoms with Crippen molar-refractivity contribution in [2.24, 2.45) is 4.99 Å². The molecule has 0 fully saturated rings. The van der Waals surface area contributed by atoms with E-state index < -0.39 is 0 Å². The van der Waals surface area contributed by atoms with Crippen LogP contribution in [0.5, 0.6) is 11.5 Å². The van der Waals surface area contributed by atoms with Crippen molar-refractivity contribution in [2.45, 2.75) is 13.8 Å². The van der Waals surface area contributed by atoms with Gasteiger partial charge in [0.05, 0.1) is 16.8 Å². The molecule has 0 spiro atoms. The van der Waals surface area contributed by atoms with Crippen LogP contribution in [0.15, 0.2) is 44.3 Å². The molecular weight excluding hydrogens is 426 g/mol. The molecule has 0 saturated carbocycles. The molecule has 0 radical (unpaired) electrons. The van der Waals surface area contributed by atoms with Crippen LogP contribution in [0.2, 0.25) is 0 Å². The summed E-state index contributed by atoms with van der Waals surface area (Å²) in [6, 6.07) is 8.74. The van der Waals surface area contributed by atoms with Crippen LogP contribution in [-0.4, -0.2) is 23.7 Å². The fraction of sp³-hybridized carbons (Fsp3) is 0.176. The fourth-order valence-electron chi connectivity index (χ4n) is 1.90. The second kappa shape index (κ2) is 7.75. The Bertz CT molecular complexity index is 755. The number of Topliss-reactive ketones (excluding diaryl/α,β-unsaturated/α-hetero) is 1. The Morgan fingerprint density at radius 2 is 1.91 bits per heavy atom. The summed E-state index contributed by atoms with van der Waals surface area (Å²) >= 11 is 6.75. The smallest absolute Gasteiger partial charge is 0.173 e. The number of hydrogen-bond acceptors (Lipinski definition) is 4. The van der Waals surface area contributed by atoms with Crippen LogP contribution in [0.3, 0.4) is 0 Å². The highest BCUT2D eigenvalue weighted by Crippen LogP contribution is 2.41. The standard InChI is InChI=1S/C17H15Br2NO3/c1-3-23-14-8-12(15(18)16(19)17(14)22)9-20-13-6-4-11(5-7-13)10(2)21/h4-9,22H,3H2,1-2H3. The Kier molecular flexibility index (Phi) is 5.96. The number of carbonyl (C=O) groups excluding carboxylic acids is 1. The molecule has 0 aliphatic rings. The number of carbonyl (C=O) groups is 1. The number of ether oxygens (including phenoxy) is 1. The zero-order valence-electron chi connectivity index (χ0n) is 12.6. The number of aromatic hydroxyl groups is 1. The minimum Gasteiger partial charge on any atom is -0.503 e. The molecule has 0 amide bonds. The summed E-state index contributed by atoms with van der Waals surface area (Å²) in [6.07, 6.45) is 1.67. The molecule has 0 atom stereocenters. The number of rotatable bonds is 5. The van der Waals surface area contributed by atoms with E-state index >= 15 is 0 Å². The molecule has 0 saturated heterocycles. The summed E-state index contributed by atoms with van der Waals surface area (Å²) in [5, 5.41) is 10.0. The van der Waals surface area contributed by atoms with E-state index in [-0.39, 0.29) is 11.5 Å². The Balaban J connectivity index is 2.33. The number of hydrogen-bond donors (Lipinski definition) is 1. The summed E-state index contributed by atoms with van der Waals surface area (Å²) in [4.78, 5) is 15.6. The van der Waals surface area contributed by atoms with Gasteiger partial charge in [0, 0.05) is 21.8 Å². The first-order chi connectivity index (χ1) is 10.9. The topological polar surface area (TPSA) is 58.9 Å². The number of nitrogens with zero attached hydrogens (tertiary/aromatic N) is 1. The van der Waals surface area contributed by atoms with Crippen LogP contribution >= 0.6 is 31.9 Å². The number of benzene rings is 2. The molecular formula is C17H15Br2NO3. The highest BCUT2D eigenvalue weighted by molar-refractivity contribution is 9.13. The normalized spacial score (nSPS) is 11.0. The van der Waals surface area contributed by atoms with E-state index in [0.29, 0.717) is 26.9 Å². The van der Waals surface area contributed by atoms with E-state index in [1.807, 2.05) is 6.92 Å². The van der Waals surface area contributed by atoms with Gasteiger partial charge in [-0.1, -0.05) is 0 Å². The second-order valence-electron chi connectivity index (χ2n) is 4.73. The van der Waals surface area contributed by atoms with Crippen LogP contribution in [-0.2, 0) is 0 Å². The quantitative estimate of drug-likeness (QED) is 0.508. The lowest BCUT2D eigenvalue weighted by atomic mass is 10.1. The Morgan fingerprint density at radius 3 is 2.48 bits per heavy atom. The van der Waals surface area contributed by atoms with Gasteiger partial charge in [-0.3, -0.25) is 9.79 Å². The summed E-state index contributed by atoms with van der Waals surface area (Å²) in [7, 11) is 0. The van der Waals surface area contributed by atoms with Gasteiger partial charge in [-0.25, -0.2) is 0 Å². The average molecular weight is 441 g/mol. The monoisotopic (exact) mass is 439 g/mol. The van der Waals surface area contributed by atoms with E-state index in [1.165, 1.54) is 6.92 Å². The number of phenols is 1. The van der Waals surface area contributed by atoms with Crippen molar-refractivity contribution in [3.05, 3.63) is 50.4 Å². The maximum absolute atomic E-state index is 11.3. The predicted molar refractivity (Wildman–Crippen MR) is 98.4 cm³/mol. The van der Waals surface area contributed by atoms with Crippen LogP contribution in [0.4, 0.5) is 5.69 Å². The van der Waals surface area contributed by atoms with Crippen molar-refractivity contribution in [1.29, 1.82) is 0 Å². The van der Waals surface area contributed by atoms with E-state index in [9.17, 15) is 9.90 Å². The minimum absolute atomic E-state index is 0.0205. The van der Waals surface area contributed by atoms with Crippen molar-refractivity contribution in [3.8, 4) is 11.5 Å². The summed E-state index contributed by atoms with van der Waals surface area (Å²) in [6.45, 7) is 3.82. The highest BCUT2D eigenvalue weighted by Gasteiger charge is 2.14. The third-order valence-electron chi connectivity index (χ3n) is 3.10. The summed E-state index contributed by atoms with van der Waals surface area (Å²) in [5.41, 5.74) is 2.13. The number of aliphatic imine (C=N–C) groups is 1. The lowest BCUT2D eigenvalue weighted by Crippen LogP contribution is -1.95. The summed E-state index contributed by atoms with van der Waals surface area (Å²) < 4.78 is 6.60. The zero-order valence-corrected chi connectivity index (χ0v) is 15.8. The molecule has 23 heavy (non-hydrogen) atoms. The van der Waals surface area contributed by atoms with E-state index in [4.69, 9.17) is 4.74 Å². The van der Waals surface area contributed by atoms with Gasteiger partial charge in [0.1, 0.15) is 0 Å². The molecule has 0 aliphatic carbocycles.